The van der Waals surface area contributed by atoms with Crippen LogP contribution in [0.1, 0.15) is 58.3 Å². The number of unbranched alkanes of at least 4 members (excludes halogenated alkanes) is 6. The standard InChI is InChI=1S/C14H27NO4S.Na/c1-2-3-4-5-6-7-8-9-11-14(16)15-12-10-13-20(17,18)19;/h9,11H,2-8,10,12-13H2,1H3,(H,15,16)(H,17,18,19);/q;+1/p-1/b11-9+;. The summed E-state index contributed by atoms with van der Waals surface area (Å²) in [6, 6.07) is 0. The van der Waals surface area contributed by atoms with Gasteiger partial charge >= 0.3 is 29.6 Å². The van der Waals surface area contributed by atoms with Gasteiger partial charge in [-0.15, -0.1) is 0 Å². The van der Waals surface area contributed by atoms with E-state index >= 15 is 0 Å². The Hall–Kier alpha value is 0.120. The maximum absolute atomic E-state index is 11.3. The maximum Gasteiger partial charge on any atom is 1.00 e. The van der Waals surface area contributed by atoms with Gasteiger partial charge in [-0.25, -0.2) is 0 Å². The van der Waals surface area contributed by atoms with E-state index in [-0.39, 0.29) is 54.2 Å². The molecule has 118 valence electrons. The Labute approximate surface area is 151 Å². The number of allylic oxidation sites excluding steroid dienone is 1. The van der Waals surface area contributed by atoms with Gasteiger partial charge in [0.25, 0.3) is 10.1 Å². The van der Waals surface area contributed by atoms with Gasteiger partial charge < -0.3 is 10.1 Å². The molecule has 0 heterocycles. The topological polar surface area (TPSA) is 89.8 Å². The van der Waals surface area contributed by atoms with Gasteiger partial charge in [0.15, 0.2) is 0 Å². The zero-order valence-corrected chi connectivity index (χ0v) is 16.1. The van der Waals surface area contributed by atoms with Crippen LogP contribution in [0.4, 0.5) is 0 Å². The molecule has 0 aliphatic rings. The van der Waals surface area contributed by atoms with Gasteiger partial charge in [0, 0.05) is 6.54 Å². The second kappa shape index (κ2) is 15.0. The predicted octanol–water partition coefficient (Wildman–Crippen LogP) is -0.666. The van der Waals surface area contributed by atoms with E-state index in [2.05, 4.69) is 11.9 Å². The van der Waals surface area contributed by atoms with Crippen molar-refractivity contribution in [3.05, 3.63) is 12.2 Å². The smallest absolute Gasteiger partial charge is 0.859 e. The molecule has 0 saturated heterocycles. The molecule has 0 aliphatic heterocycles. The minimum atomic E-state index is -3.95. The van der Waals surface area contributed by atoms with Crippen molar-refractivity contribution in [2.45, 2.75) is 58.3 Å². The summed E-state index contributed by atoms with van der Waals surface area (Å²) in [5.41, 5.74) is 0. The molecule has 5 nitrogen and oxygen atoms in total. The molecular weight excluding hydrogens is 301 g/mol. The molecule has 21 heavy (non-hydrogen) atoms. The van der Waals surface area contributed by atoms with E-state index in [1.165, 1.54) is 38.2 Å². The van der Waals surface area contributed by atoms with Crippen molar-refractivity contribution in [1.29, 1.82) is 0 Å². The third-order valence-corrected chi connectivity index (χ3v) is 3.62. The minimum Gasteiger partial charge on any atom is -0.859 e. The zero-order chi connectivity index (χ0) is 15.3. The molecule has 0 saturated carbocycles. The van der Waals surface area contributed by atoms with Crippen LogP contribution in [0.15, 0.2) is 17.1 Å². The minimum absolute atomic E-state index is 0. The predicted molar refractivity (Wildman–Crippen MR) is 80.5 cm³/mol. The van der Waals surface area contributed by atoms with Gasteiger partial charge in [0.1, 0.15) is 0 Å². The molecule has 0 aromatic carbocycles. The molecule has 1 N–H and O–H groups in total. The summed E-state index contributed by atoms with van der Waals surface area (Å²) in [6.45, 7) is 2.31. The van der Waals surface area contributed by atoms with E-state index in [4.69, 9.17) is 4.55 Å². The van der Waals surface area contributed by atoms with Gasteiger partial charge in [0.05, 0.1) is 5.75 Å². The SMILES string of the molecule is CCCCCCCC/C=C/C([O-])=NCCCS(=O)(=O)O.[Na+]. The van der Waals surface area contributed by atoms with Gasteiger partial charge in [0.2, 0.25) is 0 Å². The van der Waals surface area contributed by atoms with Crippen LogP contribution in [0.3, 0.4) is 0 Å². The Morgan fingerprint density at radius 3 is 2.38 bits per heavy atom. The summed E-state index contributed by atoms with van der Waals surface area (Å²) in [7, 11) is -3.95. The molecule has 0 aromatic heterocycles. The number of nitrogens with zero attached hydrogens (tertiary/aromatic N) is 1. The summed E-state index contributed by atoms with van der Waals surface area (Å²) < 4.78 is 29.4. The summed E-state index contributed by atoms with van der Waals surface area (Å²) in [4.78, 5) is 3.68. The van der Waals surface area contributed by atoms with Crippen LogP contribution in [0.5, 0.6) is 0 Å². The molecule has 0 unspecified atom stereocenters. The molecule has 0 atom stereocenters. The molecule has 0 bridgehead atoms. The van der Waals surface area contributed by atoms with Crippen LogP contribution in [0, 0.1) is 0 Å². The summed E-state index contributed by atoms with van der Waals surface area (Å²) in [6.07, 6.45) is 11.6. The molecule has 0 aliphatic carbocycles. The monoisotopic (exact) mass is 327 g/mol. The van der Waals surface area contributed by atoms with E-state index in [1.807, 2.05) is 6.08 Å². The first-order chi connectivity index (χ1) is 9.45. The fourth-order valence-corrected chi connectivity index (χ4v) is 2.21. The Morgan fingerprint density at radius 1 is 1.14 bits per heavy atom. The average Bonchev–Trinajstić information content (AvgIpc) is 2.37. The molecule has 0 spiro atoms. The Morgan fingerprint density at radius 2 is 1.76 bits per heavy atom. The molecule has 0 radical (unpaired) electrons. The normalized spacial score (nSPS) is 12.6. The first kappa shape index (κ1) is 23.4. The van der Waals surface area contributed by atoms with Crippen LogP contribution in [0.25, 0.3) is 0 Å². The third-order valence-electron chi connectivity index (χ3n) is 2.81. The van der Waals surface area contributed by atoms with Crippen molar-refractivity contribution >= 4 is 16.0 Å². The number of aliphatic imine (C=N–C) groups is 1. The van der Waals surface area contributed by atoms with Crippen LogP contribution >= 0.6 is 0 Å². The largest absolute Gasteiger partial charge is 1.00 e. The van der Waals surface area contributed by atoms with E-state index < -0.39 is 10.1 Å². The van der Waals surface area contributed by atoms with Gasteiger partial charge in [-0.2, -0.15) is 8.42 Å². The molecule has 7 heteroatoms. The fraction of sp³-hybridized carbons (Fsp3) is 0.786. The zero-order valence-electron chi connectivity index (χ0n) is 13.3. The van der Waals surface area contributed by atoms with Crippen LogP contribution in [-0.4, -0.2) is 31.2 Å². The first-order valence-electron chi connectivity index (χ1n) is 7.29. The van der Waals surface area contributed by atoms with Gasteiger partial charge in [-0.05, 0) is 25.2 Å². The van der Waals surface area contributed by atoms with Crippen molar-refractivity contribution in [3.63, 3.8) is 0 Å². The summed E-state index contributed by atoms with van der Waals surface area (Å²) in [5, 5.41) is 11.3. The molecule has 0 rings (SSSR count). The van der Waals surface area contributed by atoms with Crippen LogP contribution in [0.2, 0.25) is 0 Å². The van der Waals surface area contributed by atoms with Crippen LogP contribution < -0.4 is 34.7 Å². The van der Waals surface area contributed by atoms with E-state index in [0.29, 0.717) is 0 Å². The maximum atomic E-state index is 11.3. The second-order valence-electron chi connectivity index (χ2n) is 4.82. The van der Waals surface area contributed by atoms with Gasteiger partial charge in [-0.3, -0.25) is 4.55 Å². The third kappa shape index (κ3) is 20.1. The van der Waals surface area contributed by atoms with Crippen LogP contribution in [-0.2, 0) is 10.1 Å². The molecule has 0 aromatic rings. The fourth-order valence-electron chi connectivity index (χ4n) is 1.72. The quantitative estimate of drug-likeness (QED) is 0.169. The summed E-state index contributed by atoms with van der Waals surface area (Å²) >= 11 is 0. The Balaban J connectivity index is 0. The number of hydrogen-bond donors (Lipinski definition) is 1. The van der Waals surface area contributed by atoms with Crippen molar-refractivity contribution in [3.8, 4) is 0 Å². The van der Waals surface area contributed by atoms with E-state index in [0.717, 1.165) is 12.8 Å². The van der Waals surface area contributed by atoms with E-state index in [9.17, 15) is 13.5 Å². The van der Waals surface area contributed by atoms with Crippen molar-refractivity contribution < 1.29 is 47.6 Å². The van der Waals surface area contributed by atoms with Crippen molar-refractivity contribution in [2.75, 3.05) is 12.3 Å². The van der Waals surface area contributed by atoms with Gasteiger partial charge in [-0.1, -0.05) is 51.2 Å². The Bertz CT molecular complexity index is 394. The molecule has 0 fully saturated rings. The number of rotatable bonds is 12. The average molecular weight is 327 g/mol. The molecule has 0 amide bonds. The van der Waals surface area contributed by atoms with E-state index in [1.54, 1.807) is 0 Å². The summed E-state index contributed by atoms with van der Waals surface area (Å²) in [5.74, 6) is -0.697. The first-order valence-corrected chi connectivity index (χ1v) is 8.90. The van der Waals surface area contributed by atoms with Crippen molar-refractivity contribution in [1.82, 2.24) is 0 Å². The number of hydrogen-bond acceptors (Lipinski definition) is 4. The second-order valence-corrected chi connectivity index (χ2v) is 6.39. The van der Waals surface area contributed by atoms with Crippen molar-refractivity contribution in [2.24, 2.45) is 4.99 Å². The Kier molecular flexibility index (Phi) is 16.7. The molecular formula is C14H26NNaO4S.